The molecule has 3 heterocycles. The van der Waals surface area contributed by atoms with Crippen molar-refractivity contribution in [3.63, 3.8) is 0 Å². The van der Waals surface area contributed by atoms with Crippen LogP contribution in [0.25, 0.3) is 0 Å². The van der Waals surface area contributed by atoms with Crippen LogP contribution in [0, 0.1) is 0 Å². The van der Waals surface area contributed by atoms with Gasteiger partial charge in [0.25, 0.3) is 0 Å². The second-order valence-corrected chi connectivity index (χ2v) is 9.04. The lowest BCUT2D eigenvalue weighted by Crippen LogP contribution is -2.38. The van der Waals surface area contributed by atoms with E-state index in [9.17, 15) is 4.79 Å². The van der Waals surface area contributed by atoms with Crippen LogP contribution < -0.4 is 14.8 Å². The molecule has 1 fully saturated rings. The number of morpholine rings is 1. The van der Waals surface area contributed by atoms with E-state index in [2.05, 4.69) is 11.0 Å². The highest BCUT2D eigenvalue weighted by molar-refractivity contribution is 7.10. The Labute approximate surface area is 196 Å². The Morgan fingerprint density at radius 2 is 1.84 bits per heavy atom. The maximum absolute atomic E-state index is 12.7. The summed E-state index contributed by atoms with van der Waals surface area (Å²) >= 11 is 8.39. The zero-order valence-electron chi connectivity index (χ0n) is 17.6. The van der Waals surface area contributed by atoms with Crippen molar-refractivity contribution in [2.24, 2.45) is 5.10 Å². The van der Waals surface area contributed by atoms with E-state index >= 15 is 0 Å². The smallest absolute Gasteiger partial charge is 0.198 e. The molecule has 164 valence electrons. The first-order valence-corrected chi connectivity index (χ1v) is 11.8. The van der Waals surface area contributed by atoms with E-state index in [-0.39, 0.29) is 11.9 Å². The Balaban J connectivity index is 1.58. The first-order chi connectivity index (χ1) is 15.6. The van der Waals surface area contributed by atoms with Crippen LogP contribution in [-0.2, 0) is 9.53 Å². The summed E-state index contributed by atoms with van der Waals surface area (Å²) < 4.78 is 5.47. The zero-order valence-corrected chi connectivity index (χ0v) is 19.2. The molecule has 1 aromatic heterocycles. The van der Waals surface area contributed by atoms with Gasteiger partial charge in [-0.2, -0.15) is 0 Å². The van der Waals surface area contributed by atoms with Crippen LogP contribution in [0.2, 0.25) is 5.02 Å². The van der Waals surface area contributed by atoms with Gasteiger partial charge in [0, 0.05) is 30.6 Å². The number of carbonyl (C=O) groups excluding carboxylic acids is 1. The Bertz CT molecular complexity index is 1130. The number of carbonyl (C=O) groups is 1. The number of ether oxygens (including phenoxy) is 1. The van der Waals surface area contributed by atoms with Crippen molar-refractivity contribution >= 4 is 51.6 Å². The zero-order chi connectivity index (χ0) is 22.1. The molecule has 1 unspecified atom stereocenters. The van der Waals surface area contributed by atoms with Crippen LogP contribution >= 0.6 is 22.9 Å². The first kappa shape index (κ1) is 21.0. The molecule has 0 spiro atoms. The molecule has 0 amide bonds. The Kier molecular flexibility index (Phi) is 5.87. The number of Topliss-reactive ketones (excluding diaryl/α,β-unsaturated/α-hetero) is 1. The fourth-order valence-corrected chi connectivity index (χ4v) is 5.20. The quantitative estimate of drug-likeness (QED) is 0.519. The number of ketones is 1. The van der Waals surface area contributed by atoms with E-state index in [1.54, 1.807) is 18.3 Å². The van der Waals surface area contributed by atoms with Crippen molar-refractivity contribution in [3.8, 4) is 0 Å². The van der Waals surface area contributed by atoms with Crippen molar-refractivity contribution in [1.82, 2.24) is 0 Å². The number of thiophene rings is 1. The first-order valence-electron chi connectivity index (χ1n) is 10.5. The molecule has 1 atom stereocenters. The van der Waals surface area contributed by atoms with Gasteiger partial charge in [-0.25, -0.2) is 5.01 Å². The average molecular weight is 467 g/mol. The van der Waals surface area contributed by atoms with Gasteiger partial charge in [0.05, 0.1) is 29.6 Å². The summed E-state index contributed by atoms with van der Waals surface area (Å²) in [7, 11) is 0. The molecule has 2 aliphatic heterocycles. The minimum atomic E-state index is -0.276. The van der Waals surface area contributed by atoms with Crippen LogP contribution in [0.3, 0.4) is 0 Å². The van der Waals surface area contributed by atoms with E-state index in [0.717, 1.165) is 35.0 Å². The van der Waals surface area contributed by atoms with E-state index in [4.69, 9.17) is 21.4 Å². The van der Waals surface area contributed by atoms with Gasteiger partial charge in [-0.05, 0) is 41.8 Å². The van der Waals surface area contributed by atoms with Gasteiger partial charge < -0.3 is 9.64 Å². The second-order valence-electron chi connectivity index (χ2n) is 7.65. The number of hydrazone groups is 1. The van der Waals surface area contributed by atoms with Crippen molar-refractivity contribution < 1.29 is 9.53 Å². The van der Waals surface area contributed by atoms with Gasteiger partial charge in [0.15, 0.2) is 17.8 Å². The molecule has 3 aromatic rings. The number of benzene rings is 2. The number of hydrogen-bond acceptors (Lipinski definition) is 7. The molecule has 2 aromatic carbocycles. The highest BCUT2D eigenvalue weighted by Crippen LogP contribution is 2.42. The maximum Gasteiger partial charge on any atom is 0.198 e. The SMILES string of the molecule is CC(=O)C1=NN(c2ccccc2)C(c2cccs2)N1c1ccc(N2CCOCC2)c(Cl)c1. The normalized spacial score (nSPS) is 18.8. The summed E-state index contributed by atoms with van der Waals surface area (Å²) in [6.07, 6.45) is -0.276. The number of para-hydroxylation sites is 1. The molecular weight excluding hydrogens is 444 g/mol. The Morgan fingerprint density at radius 1 is 1.06 bits per heavy atom. The summed E-state index contributed by atoms with van der Waals surface area (Å²) in [5, 5.41) is 9.35. The lowest BCUT2D eigenvalue weighted by molar-refractivity contribution is -0.111. The van der Waals surface area contributed by atoms with Crippen molar-refractivity contribution in [2.75, 3.05) is 41.1 Å². The molecule has 0 aliphatic carbocycles. The molecule has 0 radical (unpaired) electrons. The van der Waals surface area contributed by atoms with Gasteiger partial charge >= 0.3 is 0 Å². The molecule has 5 rings (SSSR count). The van der Waals surface area contributed by atoms with Crippen LogP contribution in [0.1, 0.15) is 18.0 Å². The largest absolute Gasteiger partial charge is 0.378 e. The molecular formula is C24H23ClN4O2S. The Morgan fingerprint density at radius 3 is 2.50 bits per heavy atom. The minimum absolute atomic E-state index is 0.0987. The van der Waals surface area contributed by atoms with E-state index < -0.39 is 0 Å². The summed E-state index contributed by atoms with van der Waals surface area (Å²) in [6.45, 7) is 4.55. The molecule has 32 heavy (non-hydrogen) atoms. The van der Waals surface area contributed by atoms with E-state index in [0.29, 0.717) is 24.1 Å². The second kappa shape index (κ2) is 8.94. The number of nitrogens with zero attached hydrogens (tertiary/aromatic N) is 4. The van der Waals surface area contributed by atoms with Gasteiger partial charge in [-0.15, -0.1) is 16.4 Å². The van der Waals surface area contributed by atoms with Crippen molar-refractivity contribution in [3.05, 3.63) is 75.9 Å². The predicted octanol–water partition coefficient (Wildman–Crippen LogP) is 5.17. The van der Waals surface area contributed by atoms with E-state index in [1.807, 2.05) is 69.9 Å². The fourth-order valence-electron chi connectivity index (χ4n) is 4.11. The number of rotatable bonds is 5. The highest BCUT2D eigenvalue weighted by atomic mass is 35.5. The third-order valence-electron chi connectivity index (χ3n) is 5.60. The lowest BCUT2D eigenvalue weighted by atomic mass is 10.2. The molecule has 0 bridgehead atoms. The summed E-state index contributed by atoms with van der Waals surface area (Å²) in [5.41, 5.74) is 2.73. The number of amidine groups is 1. The van der Waals surface area contributed by atoms with Crippen molar-refractivity contribution in [1.29, 1.82) is 0 Å². The molecule has 2 aliphatic rings. The topological polar surface area (TPSA) is 48.4 Å². The molecule has 6 nitrogen and oxygen atoms in total. The third kappa shape index (κ3) is 3.88. The number of halogens is 1. The summed E-state index contributed by atoms with van der Waals surface area (Å²) in [4.78, 5) is 18.0. The highest BCUT2D eigenvalue weighted by Gasteiger charge is 2.40. The monoisotopic (exact) mass is 466 g/mol. The minimum Gasteiger partial charge on any atom is -0.378 e. The number of anilines is 3. The predicted molar refractivity (Wildman–Crippen MR) is 131 cm³/mol. The molecule has 8 heteroatoms. The fraction of sp³-hybridized carbons (Fsp3) is 0.250. The van der Waals surface area contributed by atoms with Gasteiger partial charge in [0.1, 0.15) is 0 Å². The van der Waals surface area contributed by atoms with Crippen LogP contribution in [0.5, 0.6) is 0 Å². The Hall–Kier alpha value is -2.87. The number of hydrogen-bond donors (Lipinski definition) is 0. The van der Waals surface area contributed by atoms with Crippen LogP contribution in [0.4, 0.5) is 17.1 Å². The van der Waals surface area contributed by atoms with Crippen molar-refractivity contribution in [2.45, 2.75) is 13.1 Å². The molecule has 0 N–H and O–H groups in total. The summed E-state index contributed by atoms with van der Waals surface area (Å²) in [6, 6.07) is 20.0. The molecule has 1 saturated heterocycles. The molecule has 0 saturated carbocycles. The maximum atomic E-state index is 12.7. The van der Waals surface area contributed by atoms with Crippen LogP contribution in [0.15, 0.2) is 71.1 Å². The standard InChI is InChI=1S/C24H23ClN4O2S/c1-17(30)23-26-29(18-6-3-2-4-7-18)24(22-8-5-15-32-22)28(23)19-9-10-21(20(25)16-19)27-11-13-31-14-12-27/h2-10,15-16,24H,11-14H2,1H3. The lowest BCUT2D eigenvalue weighted by Gasteiger charge is -2.32. The van der Waals surface area contributed by atoms with Crippen LogP contribution in [-0.4, -0.2) is 37.9 Å². The average Bonchev–Trinajstić information content (AvgIpc) is 3.48. The van der Waals surface area contributed by atoms with Gasteiger partial charge in [0.2, 0.25) is 0 Å². The van der Waals surface area contributed by atoms with E-state index in [1.165, 1.54) is 0 Å². The van der Waals surface area contributed by atoms with Gasteiger partial charge in [-0.3, -0.25) is 9.69 Å². The van der Waals surface area contributed by atoms with Gasteiger partial charge in [-0.1, -0.05) is 35.9 Å². The third-order valence-corrected chi connectivity index (χ3v) is 6.82. The summed E-state index contributed by atoms with van der Waals surface area (Å²) in [5.74, 6) is 0.292.